The Kier molecular flexibility index (Phi) is 3.76. The van der Waals surface area contributed by atoms with E-state index in [1.807, 2.05) is 20.0 Å². The van der Waals surface area contributed by atoms with Crippen LogP contribution in [0.15, 0.2) is 12.4 Å². The molecule has 2 heterocycles. The molecule has 2 aromatic rings. The number of nitrogens with one attached hydrogen (secondary N) is 1. The van der Waals surface area contributed by atoms with Gasteiger partial charge in [0, 0.05) is 25.4 Å². The number of hydrogen-bond donors (Lipinski definition) is 1. The van der Waals surface area contributed by atoms with Crippen LogP contribution in [0.1, 0.15) is 12.6 Å². The molecule has 2 rings (SSSR count). The quantitative estimate of drug-likeness (QED) is 0.845. The van der Waals surface area contributed by atoms with E-state index in [4.69, 9.17) is 0 Å². The van der Waals surface area contributed by atoms with Gasteiger partial charge in [-0.15, -0.1) is 0 Å². The van der Waals surface area contributed by atoms with E-state index in [1.165, 1.54) is 6.33 Å². The molecule has 98 valence electrons. The second kappa shape index (κ2) is 5.30. The molecule has 0 spiro atoms. The first-order chi connectivity index (χ1) is 8.61. The molecule has 1 N–H and O–H groups in total. The predicted molar refractivity (Wildman–Crippen MR) is 71.9 cm³/mol. The Morgan fingerprint density at radius 2 is 2.28 bits per heavy atom. The molecule has 1 atom stereocenters. The molecule has 0 aromatic carbocycles. The van der Waals surface area contributed by atoms with Gasteiger partial charge in [-0.1, -0.05) is 6.92 Å². The maximum absolute atomic E-state index is 4.34. The highest BCUT2D eigenvalue weighted by molar-refractivity contribution is 5.46. The van der Waals surface area contributed by atoms with E-state index < -0.39 is 0 Å². The van der Waals surface area contributed by atoms with E-state index in [2.05, 4.69) is 39.3 Å². The molecule has 0 radical (unpaired) electrons. The second-order valence-corrected chi connectivity index (χ2v) is 4.77. The monoisotopic (exact) mass is 248 g/mol. The molecule has 2 aromatic heterocycles. The zero-order chi connectivity index (χ0) is 13.1. The maximum atomic E-state index is 4.34. The van der Waals surface area contributed by atoms with Crippen LogP contribution < -0.4 is 10.2 Å². The van der Waals surface area contributed by atoms with Crippen LogP contribution in [0.2, 0.25) is 0 Å². The lowest BCUT2D eigenvalue weighted by molar-refractivity contribution is 0.539. The van der Waals surface area contributed by atoms with Gasteiger partial charge in [0.2, 0.25) is 0 Å². The molecule has 1 unspecified atom stereocenters. The van der Waals surface area contributed by atoms with Gasteiger partial charge in [0.15, 0.2) is 0 Å². The van der Waals surface area contributed by atoms with Gasteiger partial charge in [0.05, 0.1) is 0 Å². The summed E-state index contributed by atoms with van der Waals surface area (Å²) >= 11 is 0. The fraction of sp³-hybridized carbons (Fsp3) is 0.583. The first kappa shape index (κ1) is 12.8. The Balaban J connectivity index is 2.26. The standard InChI is InChI=1S/C12H20N6/c1-9(6-13-3)7-17(4)11-5-10(2)16-12-14-8-15-18(11)12/h5,8-9,13H,6-7H2,1-4H3. The molecule has 0 fully saturated rings. The van der Waals surface area contributed by atoms with Gasteiger partial charge >= 0.3 is 0 Å². The SMILES string of the molecule is CNCC(C)CN(C)c1cc(C)nc2ncnn12. The number of fused-ring (bicyclic) bond motifs is 1. The topological polar surface area (TPSA) is 58.3 Å². The smallest absolute Gasteiger partial charge is 0.254 e. The average Bonchev–Trinajstić information content (AvgIpc) is 2.75. The van der Waals surface area contributed by atoms with Gasteiger partial charge in [-0.25, -0.2) is 4.98 Å². The molecule has 18 heavy (non-hydrogen) atoms. The fourth-order valence-corrected chi connectivity index (χ4v) is 2.16. The summed E-state index contributed by atoms with van der Waals surface area (Å²) in [5.41, 5.74) is 0.957. The molecular weight excluding hydrogens is 228 g/mol. The van der Waals surface area contributed by atoms with E-state index in [0.717, 1.165) is 24.6 Å². The van der Waals surface area contributed by atoms with Crippen LogP contribution in [0.5, 0.6) is 0 Å². The molecule has 6 nitrogen and oxygen atoms in total. The van der Waals surface area contributed by atoms with E-state index in [1.54, 1.807) is 4.52 Å². The van der Waals surface area contributed by atoms with E-state index in [0.29, 0.717) is 11.7 Å². The van der Waals surface area contributed by atoms with Gasteiger partial charge in [-0.05, 0) is 26.4 Å². The number of anilines is 1. The van der Waals surface area contributed by atoms with Gasteiger partial charge in [-0.3, -0.25) is 0 Å². The van der Waals surface area contributed by atoms with Crippen LogP contribution >= 0.6 is 0 Å². The largest absolute Gasteiger partial charge is 0.359 e. The minimum Gasteiger partial charge on any atom is -0.359 e. The molecule has 0 amide bonds. The Labute approximate surface area is 107 Å². The Hall–Kier alpha value is -1.69. The van der Waals surface area contributed by atoms with Gasteiger partial charge < -0.3 is 10.2 Å². The molecule has 0 bridgehead atoms. The number of aryl methyl sites for hydroxylation is 1. The summed E-state index contributed by atoms with van der Waals surface area (Å²) in [6.07, 6.45) is 1.54. The van der Waals surface area contributed by atoms with Gasteiger partial charge in [0.1, 0.15) is 12.1 Å². The Bertz CT molecular complexity index is 520. The van der Waals surface area contributed by atoms with E-state index in [9.17, 15) is 0 Å². The van der Waals surface area contributed by atoms with Crippen molar-refractivity contribution in [3.8, 4) is 0 Å². The van der Waals surface area contributed by atoms with Crippen molar-refractivity contribution in [2.75, 3.05) is 32.1 Å². The summed E-state index contributed by atoms with van der Waals surface area (Å²) < 4.78 is 1.78. The third kappa shape index (κ3) is 2.59. The highest BCUT2D eigenvalue weighted by Gasteiger charge is 2.12. The minimum atomic E-state index is 0.562. The van der Waals surface area contributed by atoms with Gasteiger partial charge in [-0.2, -0.15) is 14.6 Å². The average molecular weight is 248 g/mol. The fourth-order valence-electron chi connectivity index (χ4n) is 2.16. The summed E-state index contributed by atoms with van der Waals surface area (Å²) in [6, 6.07) is 2.04. The maximum Gasteiger partial charge on any atom is 0.254 e. The van der Waals surface area contributed by atoms with Crippen molar-refractivity contribution in [2.24, 2.45) is 5.92 Å². The third-order valence-electron chi connectivity index (χ3n) is 2.89. The Morgan fingerprint density at radius 1 is 1.50 bits per heavy atom. The normalized spacial score (nSPS) is 12.9. The first-order valence-corrected chi connectivity index (χ1v) is 6.15. The second-order valence-electron chi connectivity index (χ2n) is 4.77. The Morgan fingerprint density at radius 3 is 3.00 bits per heavy atom. The van der Waals surface area contributed by atoms with Crippen molar-refractivity contribution in [3.05, 3.63) is 18.1 Å². The summed E-state index contributed by atoms with van der Waals surface area (Å²) in [4.78, 5) is 10.7. The highest BCUT2D eigenvalue weighted by atomic mass is 15.4. The van der Waals surface area contributed by atoms with Crippen LogP contribution in [-0.4, -0.2) is 46.8 Å². The molecule has 0 aliphatic heterocycles. The van der Waals surface area contributed by atoms with E-state index in [-0.39, 0.29) is 0 Å². The van der Waals surface area contributed by atoms with Crippen molar-refractivity contribution in [1.29, 1.82) is 0 Å². The lowest BCUT2D eigenvalue weighted by Crippen LogP contribution is -2.31. The summed E-state index contributed by atoms with van der Waals surface area (Å²) in [5, 5.41) is 7.41. The molecule has 0 aliphatic carbocycles. The minimum absolute atomic E-state index is 0.562. The summed E-state index contributed by atoms with van der Waals surface area (Å²) in [5.74, 6) is 2.24. The number of rotatable bonds is 5. The van der Waals surface area contributed by atoms with Crippen molar-refractivity contribution in [1.82, 2.24) is 24.9 Å². The first-order valence-electron chi connectivity index (χ1n) is 6.15. The lowest BCUT2D eigenvalue weighted by Gasteiger charge is -2.23. The third-order valence-corrected chi connectivity index (χ3v) is 2.89. The van der Waals surface area contributed by atoms with Crippen molar-refractivity contribution >= 4 is 11.6 Å². The van der Waals surface area contributed by atoms with Crippen molar-refractivity contribution < 1.29 is 0 Å². The predicted octanol–water partition coefficient (Wildman–Crippen LogP) is 0.724. The molecule has 0 aliphatic rings. The van der Waals surface area contributed by atoms with Crippen LogP contribution in [0.25, 0.3) is 5.78 Å². The highest BCUT2D eigenvalue weighted by Crippen LogP contribution is 2.15. The molecule has 6 heteroatoms. The van der Waals surface area contributed by atoms with Crippen molar-refractivity contribution in [2.45, 2.75) is 13.8 Å². The van der Waals surface area contributed by atoms with Crippen LogP contribution in [0.3, 0.4) is 0 Å². The zero-order valence-electron chi connectivity index (χ0n) is 11.4. The zero-order valence-corrected chi connectivity index (χ0v) is 11.4. The summed E-state index contributed by atoms with van der Waals surface area (Å²) in [6.45, 7) is 6.15. The van der Waals surface area contributed by atoms with Crippen molar-refractivity contribution in [3.63, 3.8) is 0 Å². The molecule has 0 saturated carbocycles. The van der Waals surface area contributed by atoms with Crippen LogP contribution in [0.4, 0.5) is 5.82 Å². The van der Waals surface area contributed by atoms with Gasteiger partial charge in [0.25, 0.3) is 5.78 Å². The molecule has 0 saturated heterocycles. The van der Waals surface area contributed by atoms with E-state index >= 15 is 0 Å². The summed E-state index contributed by atoms with van der Waals surface area (Å²) in [7, 11) is 4.05. The lowest BCUT2D eigenvalue weighted by atomic mass is 10.1. The van der Waals surface area contributed by atoms with Crippen LogP contribution in [0, 0.1) is 12.8 Å². The number of aromatic nitrogens is 4. The van der Waals surface area contributed by atoms with Crippen LogP contribution in [-0.2, 0) is 0 Å². The number of hydrogen-bond acceptors (Lipinski definition) is 5. The number of nitrogens with zero attached hydrogens (tertiary/aromatic N) is 5. The molecular formula is C12H20N6.